The highest BCUT2D eigenvalue weighted by atomic mass is 35.5. The first-order valence-corrected chi connectivity index (χ1v) is 12.0. The second kappa shape index (κ2) is 9.62. The van der Waals surface area contributed by atoms with Gasteiger partial charge in [-0.3, -0.25) is 9.10 Å². The second-order valence-corrected chi connectivity index (χ2v) is 9.55. The highest BCUT2D eigenvalue weighted by Gasteiger charge is 2.29. The zero-order valence-electron chi connectivity index (χ0n) is 18.2. The molecule has 0 saturated carbocycles. The van der Waals surface area contributed by atoms with Crippen molar-refractivity contribution in [3.05, 3.63) is 71.3 Å². The van der Waals surface area contributed by atoms with E-state index in [-0.39, 0.29) is 17.3 Å². The van der Waals surface area contributed by atoms with Gasteiger partial charge < -0.3 is 14.6 Å². The number of carbonyl (C=O) groups is 1. The SMILES string of the molecule is COc1ccc(N([C@H](C)C(=O)NCc2ccc(-n3ccnc3C)cc2)S(C)(=O)=O)cc1Cl. The van der Waals surface area contributed by atoms with Gasteiger partial charge in [0.05, 0.1) is 24.1 Å². The van der Waals surface area contributed by atoms with Gasteiger partial charge in [0.1, 0.15) is 17.6 Å². The van der Waals surface area contributed by atoms with Crippen LogP contribution in [0.25, 0.3) is 5.69 Å². The van der Waals surface area contributed by atoms with E-state index < -0.39 is 22.0 Å². The van der Waals surface area contributed by atoms with Crippen molar-refractivity contribution >= 4 is 33.2 Å². The lowest BCUT2D eigenvalue weighted by Crippen LogP contribution is -2.47. The van der Waals surface area contributed by atoms with Crippen LogP contribution in [0.1, 0.15) is 18.3 Å². The smallest absolute Gasteiger partial charge is 0.243 e. The van der Waals surface area contributed by atoms with Crippen LogP contribution in [-0.2, 0) is 21.4 Å². The fraction of sp³-hybridized carbons (Fsp3) is 0.273. The van der Waals surface area contributed by atoms with Gasteiger partial charge in [-0.25, -0.2) is 13.4 Å². The van der Waals surface area contributed by atoms with E-state index in [2.05, 4.69) is 10.3 Å². The number of hydrogen-bond donors (Lipinski definition) is 1. The molecule has 0 bridgehead atoms. The van der Waals surface area contributed by atoms with Gasteiger partial charge in [0.2, 0.25) is 15.9 Å². The number of sulfonamides is 1. The number of ether oxygens (including phenoxy) is 1. The van der Waals surface area contributed by atoms with E-state index in [0.717, 1.165) is 27.6 Å². The number of aromatic nitrogens is 2. The minimum atomic E-state index is -3.75. The van der Waals surface area contributed by atoms with E-state index in [1.807, 2.05) is 42.0 Å². The van der Waals surface area contributed by atoms with Crippen molar-refractivity contribution in [2.75, 3.05) is 17.7 Å². The van der Waals surface area contributed by atoms with Crippen molar-refractivity contribution in [3.8, 4) is 11.4 Å². The van der Waals surface area contributed by atoms with Crippen LogP contribution in [0.15, 0.2) is 54.9 Å². The third kappa shape index (κ3) is 5.23. The molecular weight excluding hydrogens is 452 g/mol. The highest BCUT2D eigenvalue weighted by molar-refractivity contribution is 7.92. The molecule has 170 valence electrons. The van der Waals surface area contributed by atoms with E-state index in [0.29, 0.717) is 5.75 Å². The number of hydrogen-bond acceptors (Lipinski definition) is 5. The molecule has 32 heavy (non-hydrogen) atoms. The van der Waals surface area contributed by atoms with Gasteiger partial charge in [0, 0.05) is 24.6 Å². The Labute approximate surface area is 192 Å². The lowest BCUT2D eigenvalue weighted by atomic mass is 10.2. The molecule has 1 atom stereocenters. The Morgan fingerprint density at radius 1 is 1.25 bits per heavy atom. The molecule has 1 N–H and O–H groups in total. The summed E-state index contributed by atoms with van der Waals surface area (Å²) in [7, 11) is -2.29. The molecule has 3 rings (SSSR count). The average Bonchev–Trinajstić information content (AvgIpc) is 3.17. The summed E-state index contributed by atoms with van der Waals surface area (Å²) in [5, 5.41) is 3.05. The van der Waals surface area contributed by atoms with Crippen LogP contribution in [0, 0.1) is 6.92 Å². The van der Waals surface area contributed by atoms with E-state index >= 15 is 0 Å². The Balaban J connectivity index is 1.72. The molecule has 0 aliphatic carbocycles. The Morgan fingerprint density at radius 2 is 1.94 bits per heavy atom. The Bertz CT molecular complexity index is 1210. The van der Waals surface area contributed by atoms with Crippen LogP contribution < -0.4 is 14.4 Å². The van der Waals surface area contributed by atoms with Crippen molar-refractivity contribution in [2.24, 2.45) is 0 Å². The number of amides is 1. The maximum atomic E-state index is 12.8. The summed E-state index contributed by atoms with van der Waals surface area (Å²) in [5.74, 6) is 0.853. The number of nitrogens with one attached hydrogen (secondary N) is 1. The molecule has 0 aliphatic heterocycles. The zero-order valence-corrected chi connectivity index (χ0v) is 19.8. The van der Waals surface area contributed by atoms with Crippen LogP contribution >= 0.6 is 11.6 Å². The van der Waals surface area contributed by atoms with Crippen LogP contribution in [0.2, 0.25) is 5.02 Å². The first kappa shape index (κ1) is 23.6. The Hall–Kier alpha value is -3.04. The quantitative estimate of drug-likeness (QED) is 0.538. The van der Waals surface area contributed by atoms with E-state index in [4.69, 9.17) is 16.3 Å². The minimum Gasteiger partial charge on any atom is -0.495 e. The van der Waals surface area contributed by atoms with Crippen LogP contribution in [0.5, 0.6) is 5.75 Å². The van der Waals surface area contributed by atoms with Gasteiger partial charge >= 0.3 is 0 Å². The monoisotopic (exact) mass is 476 g/mol. The van der Waals surface area contributed by atoms with Crippen molar-refractivity contribution in [3.63, 3.8) is 0 Å². The molecule has 1 aromatic heterocycles. The fourth-order valence-electron chi connectivity index (χ4n) is 3.36. The van der Waals surface area contributed by atoms with Gasteiger partial charge in [-0.1, -0.05) is 23.7 Å². The predicted octanol–water partition coefficient (Wildman–Crippen LogP) is 3.31. The number of imidazole rings is 1. The summed E-state index contributed by atoms with van der Waals surface area (Å²) < 4.78 is 33.0. The Morgan fingerprint density at radius 3 is 2.47 bits per heavy atom. The van der Waals surface area contributed by atoms with Crippen LogP contribution in [-0.4, -0.2) is 43.3 Å². The molecule has 3 aromatic rings. The largest absolute Gasteiger partial charge is 0.495 e. The lowest BCUT2D eigenvalue weighted by Gasteiger charge is -2.28. The number of rotatable bonds is 8. The molecule has 0 fully saturated rings. The maximum absolute atomic E-state index is 12.8. The number of benzene rings is 2. The second-order valence-electron chi connectivity index (χ2n) is 7.28. The van der Waals surface area contributed by atoms with Crippen molar-refractivity contribution in [1.29, 1.82) is 0 Å². The van der Waals surface area contributed by atoms with Gasteiger partial charge in [-0.05, 0) is 49.7 Å². The molecule has 0 aliphatic rings. The summed E-state index contributed by atoms with van der Waals surface area (Å²) >= 11 is 6.16. The number of halogens is 1. The normalized spacial score (nSPS) is 12.3. The van der Waals surface area contributed by atoms with E-state index in [1.54, 1.807) is 18.3 Å². The topological polar surface area (TPSA) is 93.5 Å². The summed E-state index contributed by atoms with van der Waals surface area (Å²) in [6.07, 6.45) is 4.65. The third-order valence-electron chi connectivity index (χ3n) is 4.99. The van der Waals surface area contributed by atoms with Gasteiger partial charge in [0.15, 0.2) is 0 Å². The molecule has 0 unspecified atom stereocenters. The summed E-state index contributed by atoms with van der Waals surface area (Å²) in [6, 6.07) is 11.2. The molecule has 0 spiro atoms. The van der Waals surface area contributed by atoms with Crippen molar-refractivity contribution < 1.29 is 17.9 Å². The molecule has 2 aromatic carbocycles. The zero-order chi connectivity index (χ0) is 23.5. The number of carbonyl (C=O) groups excluding carboxylic acids is 1. The molecule has 1 amide bonds. The fourth-order valence-corrected chi connectivity index (χ4v) is 4.78. The number of anilines is 1. The van der Waals surface area contributed by atoms with Crippen molar-refractivity contribution in [2.45, 2.75) is 26.4 Å². The summed E-state index contributed by atoms with van der Waals surface area (Å²) in [6.45, 7) is 3.70. The minimum absolute atomic E-state index is 0.250. The lowest BCUT2D eigenvalue weighted by molar-refractivity contribution is -0.122. The summed E-state index contributed by atoms with van der Waals surface area (Å²) in [5.41, 5.74) is 2.12. The van der Waals surface area contributed by atoms with Gasteiger partial charge in [0.25, 0.3) is 0 Å². The molecule has 0 radical (unpaired) electrons. The number of nitrogens with zero attached hydrogens (tertiary/aromatic N) is 3. The average molecular weight is 477 g/mol. The van der Waals surface area contributed by atoms with Crippen LogP contribution in [0.3, 0.4) is 0 Å². The van der Waals surface area contributed by atoms with Gasteiger partial charge in [-0.15, -0.1) is 0 Å². The molecule has 0 saturated heterocycles. The van der Waals surface area contributed by atoms with E-state index in [1.165, 1.54) is 20.1 Å². The molecule has 10 heteroatoms. The Kier molecular flexibility index (Phi) is 7.10. The number of aryl methyl sites for hydroxylation is 1. The van der Waals surface area contributed by atoms with Crippen LogP contribution in [0.4, 0.5) is 5.69 Å². The number of methoxy groups -OCH3 is 1. The van der Waals surface area contributed by atoms with E-state index in [9.17, 15) is 13.2 Å². The van der Waals surface area contributed by atoms with Gasteiger partial charge in [-0.2, -0.15) is 0 Å². The molecule has 8 nitrogen and oxygen atoms in total. The highest BCUT2D eigenvalue weighted by Crippen LogP contribution is 2.31. The maximum Gasteiger partial charge on any atom is 0.243 e. The molecule has 1 heterocycles. The first-order chi connectivity index (χ1) is 15.1. The third-order valence-corrected chi connectivity index (χ3v) is 6.52. The van der Waals surface area contributed by atoms with Crippen molar-refractivity contribution in [1.82, 2.24) is 14.9 Å². The summed E-state index contributed by atoms with van der Waals surface area (Å²) in [4.78, 5) is 17.0. The molecular formula is C22H25ClN4O4S. The standard InChI is InChI=1S/C22H25ClN4O4S/c1-15(27(32(4,29)30)19-9-10-21(31-3)20(23)13-19)22(28)25-14-17-5-7-18(8-6-17)26-12-11-24-16(26)2/h5-13,15H,14H2,1-4H3,(H,25,28)/t15-/m1/s1. The predicted molar refractivity (Wildman–Crippen MR) is 125 cm³/mol. The first-order valence-electron chi connectivity index (χ1n) is 9.81.